The highest BCUT2D eigenvalue weighted by Gasteiger charge is 2.27. The van der Waals surface area contributed by atoms with Crippen LogP contribution in [0.25, 0.3) is 0 Å². The number of rotatable bonds is 3. The summed E-state index contributed by atoms with van der Waals surface area (Å²) in [5.74, 6) is -0.144. The molecule has 1 fully saturated rings. The van der Waals surface area contributed by atoms with Crippen molar-refractivity contribution in [3.63, 3.8) is 0 Å². The third-order valence-corrected chi connectivity index (χ3v) is 4.75. The molecule has 6 heteroatoms. The maximum absolute atomic E-state index is 12.0. The van der Waals surface area contributed by atoms with E-state index in [0.717, 1.165) is 25.9 Å². The Morgan fingerprint density at radius 3 is 2.94 bits per heavy atom. The van der Waals surface area contributed by atoms with Crippen LogP contribution in [0.4, 0.5) is 0 Å². The van der Waals surface area contributed by atoms with Crippen LogP contribution in [0.5, 0.6) is 0 Å². The Bertz CT molecular complexity index is 441. The lowest BCUT2D eigenvalue weighted by Crippen LogP contribution is -2.45. The SMILES string of the molecule is CC1(CNC(=O)c2cc(Cl)sc2Cl)CCCNC1. The van der Waals surface area contributed by atoms with Crippen molar-refractivity contribution in [3.05, 3.63) is 20.3 Å². The van der Waals surface area contributed by atoms with Crippen LogP contribution in [0.3, 0.4) is 0 Å². The van der Waals surface area contributed by atoms with Crippen molar-refractivity contribution in [2.75, 3.05) is 19.6 Å². The minimum atomic E-state index is -0.144. The van der Waals surface area contributed by atoms with Crippen LogP contribution in [0, 0.1) is 5.41 Å². The van der Waals surface area contributed by atoms with Crippen LogP contribution in [-0.4, -0.2) is 25.5 Å². The van der Waals surface area contributed by atoms with E-state index in [1.165, 1.54) is 11.3 Å². The minimum Gasteiger partial charge on any atom is -0.351 e. The van der Waals surface area contributed by atoms with Crippen LogP contribution in [0.1, 0.15) is 30.1 Å². The summed E-state index contributed by atoms with van der Waals surface area (Å²) < 4.78 is 0.986. The summed E-state index contributed by atoms with van der Waals surface area (Å²) in [5, 5.41) is 6.31. The van der Waals surface area contributed by atoms with Gasteiger partial charge in [0, 0.05) is 13.1 Å². The first-order valence-corrected chi connectivity index (χ1v) is 7.51. The summed E-state index contributed by atoms with van der Waals surface area (Å²) in [6.45, 7) is 4.84. The number of carbonyl (C=O) groups excluding carboxylic acids is 1. The van der Waals surface area contributed by atoms with Crippen molar-refractivity contribution in [3.8, 4) is 0 Å². The Hall–Kier alpha value is -0.290. The summed E-state index contributed by atoms with van der Waals surface area (Å²) in [7, 11) is 0. The van der Waals surface area contributed by atoms with E-state index >= 15 is 0 Å². The van der Waals surface area contributed by atoms with Gasteiger partial charge in [-0.15, -0.1) is 11.3 Å². The normalized spacial score (nSPS) is 23.9. The fourth-order valence-corrected chi connectivity index (χ4v) is 3.61. The first-order chi connectivity index (χ1) is 8.50. The molecule has 0 spiro atoms. The maximum atomic E-state index is 12.0. The molecule has 0 saturated carbocycles. The molecule has 1 unspecified atom stereocenters. The Morgan fingerprint density at radius 1 is 1.61 bits per heavy atom. The van der Waals surface area contributed by atoms with Gasteiger partial charge in [0.15, 0.2) is 0 Å². The highest BCUT2D eigenvalue weighted by atomic mass is 35.5. The molecule has 1 amide bonds. The van der Waals surface area contributed by atoms with Gasteiger partial charge in [0.25, 0.3) is 5.91 Å². The lowest BCUT2D eigenvalue weighted by atomic mass is 9.83. The summed E-state index contributed by atoms with van der Waals surface area (Å²) in [6, 6.07) is 1.62. The van der Waals surface area contributed by atoms with Crippen molar-refractivity contribution in [1.82, 2.24) is 10.6 Å². The lowest BCUT2D eigenvalue weighted by molar-refractivity contribution is 0.0925. The third-order valence-electron chi connectivity index (χ3n) is 3.26. The molecule has 2 N–H and O–H groups in total. The Kier molecular flexibility index (Phi) is 4.54. The molecule has 0 aromatic carbocycles. The van der Waals surface area contributed by atoms with E-state index in [4.69, 9.17) is 23.2 Å². The smallest absolute Gasteiger partial charge is 0.253 e. The number of carbonyl (C=O) groups is 1. The zero-order valence-corrected chi connectivity index (χ0v) is 12.5. The molecule has 2 heterocycles. The zero-order valence-electron chi connectivity index (χ0n) is 10.2. The molecule has 0 bridgehead atoms. The minimum absolute atomic E-state index is 0.125. The van der Waals surface area contributed by atoms with E-state index in [0.29, 0.717) is 20.8 Å². The van der Waals surface area contributed by atoms with E-state index in [9.17, 15) is 4.79 Å². The number of halogens is 2. The summed E-state index contributed by atoms with van der Waals surface area (Å²) >= 11 is 13.0. The molecule has 1 aromatic heterocycles. The topological polar surface area (TPSA) is 41.1 Å². The van der Waals surface area contributed by atoms with Gasteiger partial charge in [-0.05, 0) is 30.9 Å². The van der Waals surface area contributed by atoms with Gasteiger partial charge in [0.1, 0.15) is 4.34 Å². The predicted molar refractivity (Wildman–Crippen MR) is 76.9 cm³/mol. The van der Waals surface area contributed by atoms with Gasteiger partial charge >= 0.3 is 0 Å². The fraction of sp³-hybridized carbons (Fsp3) is 0.583. The highest BCUT2D eigenvalue weighted by molar-refractivity contribution is 7.20. The molecule has 1 saturated heterocycles. The van der Waals surface area contributed by atoms with E-state index in [2.05, 4.69) is 17.6 Å². The van der Waals surface area contributed by atoms with Crippen LogP contribution < -0.4 is 10.6 Å². The molecule has 0 radical (unpaired) electrons. The van der Waals surface area contributed by atoms with Crippen molar-refractivity contribution in [1.29, 1.82) is 0 Å². The quantitative estimate of drug-likeness (QED) is 0.900. The Labute approximate surface area is 121 Å². The van der Waals surface area contributed by atoms with Crippen molar-refractivity contribution >= 4 is 40.4 Å². The third kappa shape index (κ3) is 3.38. The number of thiophene rings is 1. The lowest BCUT2D eigenvalue weighted by Gasteiger charge is -2.34. The van der Waals surface area contributed by atoms with Gasteiger partial charge in [0.2, 0.25) is 0 Å². The molecule has 1 aromatic rings. The van der Waals surface area contributed by atoms with Crippen LogP contribution >= 0.6 is 34.5 Å². The largest absolute Gasteiger partial charge is 0.351 e. The molecule has 0 aliphatic carbocycles. The molecule has 3 nitrogen and oxygen atoms in total. The number of hydrogen-bond acceptors (Lipinski definition) is 3. The van der Waals surface area contributed by atoms with Crippen LogP contribution in [0.15, 0.2) is 6.07 Å². The van der Waals surface area contributed by atoms with E-state index in [1.54, 1.807) is 6.07 Å². The molecular weight excluding hydrogens is 291 g/mol. The van der Waals surface area contributed by atoms with Crippen molar-refractivity contribution in [2.45, 2.75) is 19.8 Å². The van der Waals surface area contributed by atoms with Gasteiger partial charge in [-0.1, -0.05) is 30.1 Å². The van der Waals surface area contributed by atoms with Crippen molar-refractivity contribution in [2.24, 2.45) is 5.41 Å². The van der Waals surface area contributed by atoms with Crippen molar-refractivity contribution < 1.29 is 4.79 Å². The van der Waals surface area contributed by atoms with Gasteiger partial charge in [-0.3, -0.25) is 4.79 Å². The van der Waals surface area contributed by atoms with Gasteiger partial charge in [0.05, 0.1) is 9.90 Å². The number of hydrogen-bond donors (Lipinski definition) is 2. The molecule has 1 aliphatic heterocycles. The molecule has 1 aliphatic rings. The average molecular weight is 307 g/mol. The second-order valence-electron chi connectivity index (χ2n) is 5.01. The summed E-state index contributed by atoms with van der Waals surface area (Å²) in [6.07, 6.45) is 2.27. The maximum Gasteiger partial charge on any atom is 0.253 e. The average Bonchev–Trinajstić information content (AvgIpc) is 2.67. The Balaban J connectivity index is 1.94. The molecule has 18 heavy (non-hydrogen) atoms. The Morgan fingerprint density at radius 2 is 2.39 bits per heavy atom. The first kappa shape index (κ1) is 14.1. The van der Waals surface area contributed by atoms with Gasteiger partial charge in [-0.2, -0.15) is 0 Å². The first-order valence-electron chi connectivity index (χ1n) is 5.94. The van der Waals surface area contributed by atoms with Gasteiger partial charge in [-0.25, -0.2) is 0 Å². The standard InChI is InChI=1S/C12H16Cl2N2OS/c1-12(3-2-4-15-6-12)7-16-11(17)8-5-9(13)18-10(8)14/h5,15H,2-4,6-7H2,1H3,(H,16,17). The van der Waals surface area contributed by atoms with E-state index in [-0.39, 0.29) is 11.3 Å². The van der Waals surface area contributed by atoms with Gasteiger partial charge < -0.3 is 10.6 Å². The zero-order chi connectivity index (χ0) is 13.2. The highest BCUT2D eigenvalue weighted by Crippen LogP contribution is 2.31. The van der Waals surface area contributed by atoms with E-state index < -0.39 is 0 Å². The number of amides is 1. The second-order valence-corrected chi connectivity index (χ2v) is 7.30. The van der Waals surface area contributed by atoms with Crippen LogP contribution in [-0.2, 0) is 0 Å². The monoisotopic (exact) mass is 306 g/mol. The molecule has 100 valence electrons. The predicted octanol–water partition coefficient (Wildman–Crippen LogP) is 3.17. The molecular formula is C12H16Cl2N2OS. The number of piperidine rings is 1. The summed E-state index contributed by atoms with van der Waals surface area (Å²) in [5.41, 5.74) is 0.597. The molecule has 2 rings (SSSR count). The van der Waals surface area contributed by atoms with E-state index in [1.807, 2.05) is 0 Å². The molecule has 1 atom stereocenters. The number of nitrogens with one attached hydrogen (secondary N) is 2. The fourth-order valence-electron chi connectivity index (χ4n) is 2.15. The second kappa shape index (κ2) is 5.78. The summed E-state index contributed by atoms with van der Waals surface area (Å²) in [4.78, 5) is 12.0. The van der Waals surface area contributed by atoms with Crippen LogP contribution in [0.2, 0.25) is 8.67 Å².